The van der Waals surface area contributed by atoms with E-state index in [1.54, 1.807) is 19.3 Å². The van der Waals surface area contributed by atoms with Gasteiger partial charge >= 0.3 is 5.97 Å². The number of nitrogens with one attached hydrogen (secondary N) is 2. The summed E-state index contributed by atoms with van der Waals surface area (Å²) in [7, 11) is 0. The fourth-order valence-corrected chi connectivity index (χ4v) is 4.08. The number of amides is 1. The van der Waals surface area contributed by atoms with Gasteiger partial charge in [0.15, 0.2) is 0 Å². The van der Waals surface area contributed by atoms with Crippen molar-refractivity contribution in [2.75, 3.05) is 6.61 Å². The minimum absolute atomic E-state index is 0.0816. The molecule has 7 heteroatoms. The maximum Gasteiger partial charge on any atom is 0.344 e. The average Bonchev–Trinajstić information content (AvgIpc) is 2.86. The molecule has 3 unspecified atom stereocenters. The largest absolute Gasteiger partial charge is 0.462 e. The normalized spacial score (nSPS) is 27.4. The molecule has 3 rings (SSSR count). The van der Waals surface area contributed by atoms with Crippen LogP contribution in [0.3, 0.4) is 0 Å². The van der Waals surface area contributed by atoms with Gasteiger partial charge in [-0.3, -0.25) is 15.1 Å². The Morgan fingerprint density at radius 1 is 1.50 bits per heavy atom. The molecular weight excluding hydrogens is 302 g/mol. The number of fused-ring (bicyclic) bond motifs is 1. The van der Waals surface area contributed by atoms with Gasteiger partial charge in [-0.25, -0.2) is 4.79 Å². The molecule has 3 heterocycles. The van der Waals surface area contributed by atoms with E-state index in [4.69, 9.17) is 4.74 Å². The minimum Gasteiger partial charge on any atom is -0.462 e. The number of hydrogen-bond donors (Lipinski definition) is 2. The van der Waals surface area contributed by atoms with Crippen molar-refractivity contribution in [1.82, 2.24) is 15.6 Å². The van der Waals surface area contributed by atoms with Crippen LogP contribution in [-0.2, 0) is 14.3 Å². The molecular formula is C15H17N3O3S. The van der Waals surface area contributed by atoms with Crippen LogP contribution in [0.25, 0.3) is 0 Å². The molecule has 116 valence electrons. The van der Waals surface area contributed by atoms with Crippen molar-refractivity contribution in [1.29, 1.82) is 0 Å². The van der Waals surface area contributed by atoms with Crippen LogP contribution in [-0.4, -0.2) is 28.8 Å². The second-order valence-electron chi connectivity index (χ2n) is 5.14. The summed E-state index contributed by atoms with van der Waals surface area (Å²) in [4.78, 5) is 29.0. The minimum atomic E-state index is -0.355. The number of hydrogen-bond acceptors (Lipinski definition) is 6. The highest BCUT2D eigenvalue weighted by Crippen LogP contribution is 2.44. The Balaban J connectivity index is 1.80. The molecule has 1 aromatic heterocycles. The van der Waals surface area contributed by atoms with Gasteiger partial charge in [0.25, 0.3) is 0 Å². The van der Waals surface area contributed by atoms with E-state index in [0.717, 1.165) is 11.1 Å². The fourth-order valence-electron chi connectivity index (χ4n) is 2.69. The zero-order chi connectivity index (χ0) is 15.7. The number of carbonyl (C=O) groups is 2. The van der Waals surface area contributed by atoms with Crippen molar-refractivity contribution in [3.63, 3.8) is 0 Å². The van der Waals surface area contributed by atoms with E-state index in [9.17, 15) is 9.59 Å². The van der Waals surface area contributed by atoms with Gasteiger partial charge in [0, 0.05) is 18.0 Å². The number of pyridine rings is 1. The van der Waals surface area contributed by atoms with E-state index in [2.05, 4.69) is 15.6 Å². The van der Waals surface area contributed by atoms with E-state index >= 15 is 0 Å². The number of rotatable bonds is 3. The summed E-state index contributed by atoms with van der Waals surface area (Å²) in [5.41, 5.74) is 1.65. The van der Waals surface area contributed by atoms with Crippen molar-refractivity contribution in [2.45, 2.75) is 25.4 Å². The Bertz CT molecular complexity index is 632. The molecule has 2 N–H and O–H groups in total. The zero-order valence-corrected chi connectivity index (χ0v) is 13.1. The van der Waals surface area contributed by atoms with Crippen LogP contribution >= 0.6 is 11.8 Å². The molecule has 0 aliphatic carbocycles. The Labute approximate surface area is 132 Å². The predicted molar refractivity (Wildman–Crippen MR) is 82.5 cm³/mol. The number of ether oxygens (including phenoxy) is 1. The summed E-state index contributed by atoms with van der Waals surface area (Å²) < 4.78 is 5.06. The van der Waals surface area contributed by atoms with E-state index in [-0.39, 0.29) is 29.3 Å². The molecule has 0 bridgehead atoms. The maximum atomic E-state index is 12.4. The lowest BCUT2D eigenvalue weighted by Crippen LogP contribution is -2.54. The Morgan fingerprint density at radius 2 is 2.32 bits per heavy atom. The molecule has 1 saturated heterocycles. The topological polar surface area (TPSA) is 80.3 Å². The lowest BCUT2D eigenvalue weighted by atomic mass is 9.96. The number of esters is 1. The summed E-state index contributed by atoms with van der Waals surface area (Å²) in [6.45, 7) is 3.91. The monoisotopic (exact) mass is 319 g/mol. The maximum absolute atomic E-state index is 12.4. The first-order valence-electron chi connectivity index (χ1n) is 7.12. The van der Waals surface area contributed by atoms with Crippen LogP contribution in [0.1, 0.15) is 25.6 Å². The van der Waals surface area contributed by atoms with Crippen molar-refractivity contribution in [2.24, 2.45) is 5.92 Å². The molecule has 0 aromatic carbocycles. The first kappa shape index (κ1) is 15.1. The smallest absolute Gasteiger partial charge is 0.344 e. The van der Waals surface area contributed by atoms with Gasteiger partial charge in [-0.1, -0.05) is 17.8 Å². The van der Waals surface area contributed by atoms with Gasteiger partial charge in [0.05, 0.1) is 22.8 Å². The Morgan fingerprint density at radius 3 is 3.00 bits per heavy atom. The van der Waals surface area contributed by atoms with Crippen LogP contribution in [0.4, 0.5) is 0 Å². The van der Waals surface area contributed by atoms with E-state index in [0.29, 0.717) is 11.5 Å². The van der Waals surface area contributed by atoms with Crippen molar-refractivity contribution in [3.05, 3.63) is 40.6 Å². The molecule has 1 amide bonds. The highest BCUT2D eigenvalue weighted by Gasteiger charge is 2.45. The van der Waals surface area contributed by atoms with Crippen LogP contribution in [0.2, 0.25) is 0 Å². The quantitative estimate of drug-likeness (QED) is 0.818. The van der Waals surface area contributed by atoms with Gasteiger partial charge in [0.1, 0.15) is 6.17 Å². The van der Waals surface area contributed by atoms with E-state index in [1.165, 1.54) is 11.8 Å². The highest BCUT2D eigenvalue weighted by atomic mass is 32.2. The first-order valence-corrected chi connectivity index (χ1v) is 8.00. The Hall–Kier alpha value is -1.86. The van der Waals surface area contributed by atoms with Crippen LogP contribution in [0, 0.1) is 5.92 Å². The summed E-state index contributed by atoms with van der Waals surface area (Å²) in [6, 6.07) is 3.72. The number of nitrogens with zero attached hydrogens (tertiary/aromatic N) is 1. The molecule has 0 radical (unpaired) electrons. The average molecular weight is 319 g/mol. The first-order chi connectivity index (χ1) is 10.6. The van der Waals surface area contributed by atoms with Gasteiger partial charge in [-0.2, -0.15) is 0 Å². The lowest BCUT2D eigenvalue weighted by molar-refractivity contribution is -0.137. The van der Waals surface area contributed by atoms with E-state index in [1.807, 2.05) is 19.1 Å². The molecule has 2 aliphatic rings. The van der Waals surface area contributed by atoms with Crippen molar-refractivity contribution in [3.8, 4) is 0 Å². The fraction of sp³-hybridized carbons (Fsp3) is 0.400. The number of carbonyl (C=O) groups excluding carboxylic acids is 2. The third-order valence-corrected chi connectivity index (χ3v) is 5.14. The summed E-state index contributed by atoms with van der Waals surface area (Å²) in [5, 5.41) is 6.13. The summed E-state index contributed by atoms with van der Waals surface area (Å²) in [6.07, 6.45) is 3.10. The third-order valence-electron chi connectivity index (χ3n) is 3.75. The second kappa shape index (κ2) is 6.10. The lowest BCUT2D eigenvalue weighted by Gasteiger charge is -2.34. The van der Waals surface area contributed by atoms with E-state index < -0.39 is 0 Å². The van der Waals surface area contributed by atoms with Crippen LogP contribution in [0.5, 0.6) is 0 Å². The second-order valence-corrected chi connectivity index (χ2v) is 6.30. The molecule has 22 heavy (non-hydrogen) atoms. The highest BCUT2D eigenvalue weighted by molar-refractivity contribution is 8.04. The van der Waals surface area contributed by atoms with Crippen molar-refractivity contribution >= 4 is 23.6 Å². The van der Waals surface area contributed by atoms with Gasteiger partial charge in [-0.05, 0) is 25.5 Å². The van der Waals surface area contributed by atoms with Crippen LogP contribution < -0.4 is 10.6 Å². The summed E-state index contributed by atoms with van der Waals surface area (Å²) in [5.74, 6) is -0.786. The predicted octanol–water partition coefficient (Wildman–Crippen LogP) is 1.33. The van der Waals surface area contributed by atoms with Gasteiger partial charge in [0.2, 0.25) is 5.91 Å². The number of thioether (sulfide) groups is 1. The van der Waals surface area contributed by atoms with Crippen LogP contribution in [0.15, 0.2) is 35.0 Å². The SMILES string of the molecule is CCOC(=O)C1=C(C)C2C(=O)NC(c3cccnc3)NC2S1. The molecule has 0 spiro atoms. The van der Waals surface area contributed by atoms with Gasteiger partial charge < -0.3 is 10.1 Å². The Kier molecular flexibility index (Phi) is 4.17. The standard InChI is InChI=1S/C15H17N3O3S/c1-3-21-15(20)11-8(2)10-13(19)17-12(18-14(10)22-11)9-5-4-6-16-7-9/h4-7,10,12,14,18H,3H2,1-2H3,(H,17,19). The molecule has 1 fully saturated rings. The molecule has 2 aliphatic heterocycles. The molecule has 0 saturated carbocycles. The zero-order valence-electron chi connectivity index (χ0n) is 12.3. The molecule has 1 aromatic rings. The van der Waals surface area contributed by atoms with Gasteiger partial charge in [-0.15, -0.1) is 0 Å². The molecule has 3 atom stereocenters. The number of aromatic nitrogens is 1. The van der Waals surface area contributed by atoms with Crippen molar-refractivity contribution < 1.29 is 14.3 Å². The summed E-state index contributed by atoms with van der Waals surface area (Å²) >= 11 is 1.37. The third kappa shape index (κ3) is 2.62. The molecule has 6 nitrogen and oxygen atoms in total.